The van der Waals surface area contributed by atoms with Crippen molar-refractivity contribution in [2.24, 2.45) is 0 Å². The zero-order chi connectivity index (χ0) is 17.5. The molecule has 1 saturated heterocycles. The minimum Gasteiger partial charge on any atom is -0.472 e. The summed E-state index contributed by atoms with van der Waals surface area (Å²) in [6.45, 7) is 5.17. The first-order valence-corrected chi connectivity index (χ1v) is 8.72. The number of benzene rings is 1. The predicted molar refractivity (Wildman–Crippen MR) is 99.9 cm³/mol. The van der Waals surface area contributed by atoms with Gasteiger partial charge in [-0.3, -0.25) is 9.88 Å². The SMILES string of the molecule is C#CCCN1CCN(c2cncc(OCc3cccc(Cl)c3)n2)CC1. The van der Waals surface area contributed by atoms with E-state index in [0.717, 1.165) is 50.5 Å². The summed E-state index contributed by atoms with van der Waals surface area (Å²) >= 11 is 5.99. The van der Waals surface area contributed by atoms with E-state index in [9.17, 15) is 0 Å². The second-order valence-electron chi connectivity index (χ2n) is 5.92. The van der Waals surface area contributed by atoms with Crippen LogP contribution in [-0.4, -0.2) is 47.6 Å². The number of aromatic nitrogens is 2. The third kappa shape index (κ3) is 5.09. The molecule has 130 valence electrons. The van der Waals surface area contributed by atoms with Crippen molar-refractivity contribution in [1.82, 2.24) is 14.9 Å². The van der Waals surface area contributed by atoms with Gasteiger partial charge >= 0.3 is 0 Å². The Bertz CT molecular complexity index is 738. The van der Waals surface area contributed by atoms with Gasteiger partial charge in [-0.2, -0.15) is 4.98 Å². The van der Waals surface area contributed by atoms with Crippen LogP contribution < -0.4 is 9.64 Å². The molecule has 2 aromatic rings. The van der Waals surface area contributed by atoms with Gasteiger partial charge in [0.25, 0.3) is 0 Å². The first kappa shape index (κ1) is 17.5. The maximum Gasteiger partial charge on any atom is 0.234 e. The van der Waals surface area contributed by atoms with Crippen LogP contribution in [0.2, 0.25) is 5.02 Å². The van der Waals surface area contributed by atoms with E-state index in [0.29, 0.717) is 17.5 Å². The molecule has 1 fully saturated rings. The zero-order valence-corrected chi connectivity index (χ0v) is 14.8. The standard InChI is InChI=1S/C19H21ClN4O/c1-2-3-7-23-8-10-24(11-9-23)18-13-21-14-19(22-18)25-15-16-5-4-6-17(20)12-16/h1,4-6,12-14H,3,7-11,15H2. The number of ether oxygens (including phenoxy) is 1. The Kier molecular flexibility index (Phi) is 6.10. The minimum absolute atomic E-state index is 0.415. The van der Waals surface area contributed by atoms with Crippen molar-refractivity contribution in [2.75, 3.05) is 37.6 Å². The summed E-state index contributed by atoms with van der Waals surface area (Å²) in [4.78, 5) is 13.4. The summed E-state index contributed by atoms with van der Waals surface area (Å²) in [5.41, 5.74) is 1.00. The van der Waals surface area contributed by atoms with Crippen LogP contribution in [0.5, 0.6) is 5.88 Å². The van der Waals surface area contributed by atoms with Gasteiger partial charge in [0.2, 0.25) is 5.88 Å². The third-order valence-electron chi connectivity index (χ3n) is 4.14. The molecule has 1 aliphatic rings. The topological polar surface area (TPSA) is 41.5 Å². The van der Waals surface area contributed by atoms with Gasteiger partial charge in [0.05, 0.1) is 12.4 Å². The minimum atomic E-state index is 0.415. The summed E-state index contributed by atoms with van der Waals surface area (Å²) in [6, 6.07) is 7.60. The molecule has 0 bridgehead atoms. The van der Waals surface area contributed by atoms with Gasteiger partial charge in [0.1, 0.15) is 6.61 Å². The second-order valence-corrected chi connectivity index (χ2v) is 6.35. The number of halogens is 1. The molecule has 0 amide bonds. The fraction of sp³-hybridized carbons (Fsp3) is 0.368. The molecule has 5 nitrogen and oxygen atoms in total. The Balaban J connectivity index is 1.56. The molecule has 0 unspecified atom stereocenters. The van der Waals surface area contributed by atoms with Crippen molar-refractivity contribution in [3.63, 3.8) is 0 Å². The largest absolute Gasteiger partial charge is 0.472 e. The molecule has 0 radical (unpaired) electrons. The lowest BCUT2D eigenvalue weighted by Gasteiger charge is -2.34. The van der Waals surface area contributed by atoms with E-state index >= 15 is 0 Å². The monoisotopic (exact) mass is 356 g/mol. The van der Waals surface area contributed by atoms with Crippen molar-refractivity contribution in [1.29, 1.82) is 0 Å². The van der Waals surface area contributed by atoms with Gasteiger partial charge in [0.15, 0.2) is 5.82 Å². The molecule has 2 heterocycles. The molecule has 0 atom stereocenters. The lowest BCUT2D eigenvalue weighted by Crippen LogP contribution is -2.46. The zero-order valence-electron chi connectivity index (χ0n) is 14.1. The number of hydrogen-bond acceptors (Lipinski definition) is 5. The Morgan fingerprint density at radius 1 is 1.20 bits per heavy atom. The van der Waals surface area contributed by atoms with Crippen LogP contribution in [0, 0.1) is 12.3 Å². The molecule has 6 heteroatoms. The van der Waals surface area contributed by atoms with E-state index in [1.807, 2.05) is 24.3 Å². The Hall–Kier alpha value is -2.29. The van der Waals surface area contributed by atoms with Gasteiger partial charge < -0.3 is 9.64 Å². The maximum atomic E-state index is 5.99. The van der Waals surface area contributed by atoms with Crippen LogP contribution in [0.4, 0.5) is 5.82 Å². The number of nitrogens with zero attached hydrogens (tertiary/aromatic N) is 4. The highest BCUT2D eigenvalue weighted by atomic mass is 35.5. The Morgan fingerprint density at radius 2 is 2.04 bits per heavy atom. The molecule has 0 saturated carbocycles. The molecule has 0 aliphatic carbocycles. The predicted octanol–water partition coefficient (Wildman–Crippen LogP) is 2.85. The average Bonchev–Trinajstić information content (AvgIpc) is 2.65. The lowest BCUT2D eigenvalue weighted by molar-refractivity contribution is 0.262. The molecular weight excluding hydrogens is 336 g/mol. The molecular formula is C19H21ClN4O. The number of rotatable bonds is 6. The van der Waals surface area contributed by atoms with Crippen LogP contribution in [0.25, 0.3) is 0 Å². The molecule has 0 N–H and O–H groups in total. The summed E-state index contributed by atoms with van der Waals surface area (Å²) < 4.78 is 5.76. The summed E-state index contributed by atoms with van der Waals surface area (Å²) in [5, 5.41) is 0.698. The smallest absolute Gasteiger partial charge is 0.234 e. The summed E-state index contributed by atoms with van der Waals surface area (Å²) in [7, 11) is 0. The van der Waals surface area contributed by atoms with Crippen molar-refractivity contribution in [2.45, 2.75) is 13.0 Å². The molecule has 1 aromatic carbocycles. The molecule has 1 aliphatic heterocycles. The van der Waals surface area contributed by atoms with Crippen LogP contribution in [-0.2, 0) is 6.61 Å². The van der Waals surface area contributed by atoms with E-state index < -0.39 is 0 Å². The Labute approximate surface area is 153 Å². The molecule has 25 heavy (non-hydrogen) atoms. The molecule has 1 aromatic heterocycles. The van der Waals surface area contributed by atoms with Gasteiger partial charge in [-0.25, -0.2) is 0 Å². The summed E-state index contributed by atoms with van der Waals surface area (Å²) in [6.07, 6.45) is 9.55. The fourth-order valence-corrected chi connectivity index (χ4v) is 2.98. The van der Waals surface area contributed by atoms with E-state index in [-0.39, 0.29) is 0 Å². The normalized spacial score (nSPS) is 15.0. The van der Waals surface area contributed by atoms with Gasteiger partial charge in [-0.1, -0.05) is 23.7 Å². The van der Waals surface area contributed by atoms with Gasteiger partial charge in [-0.05, 0) is 17.7 Å². The van der Waals surface area contributed by atoms with Gasteiger partial charge in [-0.15, -0.1) is 12.3 Å². The summed E-state index contributed by atoms with van der Waals surface area (Å²) in [5.74, 6) is 4.06. The third-order valence-corrected chi connectivity index (χ3v) is 4.38. The van der Waals surface area contributed by atoms with E-state index in [1.54, 1.807) is 12.4 Å². The number of piperazine rings is 1. The van der Waals surface area contributed by atoms with E-state index in [2.05, 4.69) is 25.7 Å². The number of anilines is 1. The van der Waals surface area contributed by atoms with Crippen LogP contribution in [0.3, 0.4) is 0 Å². The lowest BCUT2D eigenvalue weighted by atomic mass is 10.2. The quantitative estimate of drug-likeness (QED) is 0.744. The van der Waals surface area contributed by atoms with Crippen LogP contribution >= 0.6 is 11.6 Å². The first-order chi connectivity index (χ1) is 12.2. The first-order valence-electron chi connectivity index (χ1n) is 8.34. The van der Waals surface area contributed by atoms with E-state index in [4.69, 9.17) is 22.8 Å². The second kappa shape index (κ2) is 8.70. The van der Waals surface area contributed by atoms with Crippen molar-refractivity contribution in [3.05, 3.63) is 47.2 Å². The highest BCUT2D eigenvalue weighted by molar-refractivity contribution is 6.30. The number of terminal acetylenes is 1. The van der Waals surface area contributed by atoms with Crippen LogP contribution in [0.1, 0.15) is 12.0 Å². The average molecular weight is 357 g/mol. The van der Waals surface area contributed by atoms with Crippen molar-refractivity contribution < 1.29 is 4.74 Å². The number of hydrogen-bond donors (Lipinski definition) is 0. The van der Waals surface area contributed by atoms with Crippen molar-refractivity contribution in [3.8, 4) is 18.2 Å². The Morgan fingerprint density at radius 3 is 2.80 bits per heavy atom. The van der Waals surface area contributed by atoms with Crippen molar-refractivity contribution >= 4 is 17.4 Å². The molecule has 3 rings (SSSR count). The van der Waals surface area contributed by atoms with Gasteiger partial charge in [0, 0.05) is 44.2 Å². The molecule has 0 spiro atoms. The fourth-order valence-electron chi connectivity index (χ4n) is 2.77. The highest BCUT2D eigenvalue weighted by Crippen LogP contribution is 2.18. The highest BCUT2D eigenvalue weighted by Gasteiger charge is 2.18. The van der Waals surface area contributed by atoms with E-state index in [1.165, 1.54) is 0 Å². The maximum absolute atomic E-state index is 5.99. The van der Waals surface area contributed by atoms with Crippen LogP contribution in [0.15, 0.2) is 36.7 Å².